The Hall–Kier alpha value is -1.67. The van der Waals surface area contributed by atoms with Crippen molar-refractivity contribution in [3.8, 4) is 0 Å². The lowest BCUT2D eigenvalue weighted by molar-refractivity contribution is 0.247. The molecular formula is C18H20FN. The van der Waals surface area contributed by atoms with E-state index in [1.807, 2.05) is 30.3 Å². The van der Waals surface area contributed by atoms with Crippen LogP contribution in [0.1, 0.15) is 42.7 Å². The Kier molecular flexibility index (Phi) is 3.58. The number of hydrogen-bond acceptors (Lipinski definition) is 1. The van der Waals surface area contributed by atoms with E-state index in [9.17, 15) is 4.39 Å². The topological polar surface area (TPSA) is 26.0 Å². The van der Waals surface area contributed by atoms with Gasteiger partial charge in [0.15, 0.2) is 0 Å². The van der Waals surface area contributed by atoms with Gasteiger partial charge in [0.1, 0.15) is 5.82 Å². The van der Waals surface area contributed by atoms with Crippen LogP contribution >= 0.6 is 0 Å². The summed E-state index contributed by atoms with van der Waals surface area (Å²) in [7, 11) is 0. The van der Waals surface area contributed by atoms with Gasteiger partial charge in [-0.25, -0.2) is 4.39 Å². The van der Waals surface area contributed by atoms with E-state index in [1.54, 1.807) is 6.07 Å². The maximum atomic E-state index is 14.2. The molecule has 2 aromatic rings. The molecule has 2 heteroatoms. The quantitative estimate of drug-likeness (QED) is 0.862. The van der Waals surface area contributed by atoms with Gasteiger partial charge in [0.25, 0.3) is 0 Å². The molecule has 0 aromatic heterocycles. The predicted molar refractivity (Wildman–Crippen MR) is 79.9 cm³/mol. The molecule has 0 bridgehead atoms. The van der Waals surface area contributed by atoms with Crippen LogP contribution in [0.15, 0.2) is 54.6 Å². The summed E-state index contributed by atoms with van der Waals surface area (Å²) in [6.45, 7) is 0. The monoisotopic (exact) mass is 269 g/mol. The first-order valence-electron chi connectivity index (χ1n) is 7.30. The SMILES string of the molecule is NC1(c2ccccc2F)CCCCC1c1ccccc1. The van der Waals surface area contributed by atoms with E-state index in [1.165, 1.54) is 11.6 Å². The molecular weight excluding hydrogens is 249 g/mol. The third kappa shape index (κ3) is 2.25. The van der Waals surface area contributed by atoms with Gasteiger partial charge in [-0.05, 0) is 24.5 Å². The molecule has 0 spiro atoms. The van der Waals surface area contributed by atoms with E-state index >= 15 is 0 Å². The number of benzene rings is 2. The Balaban J connectivity index is 2.06. The zero-order valence-corrected chi connectivity index (χ0v) is 11.6. The summed E-state index contributed by atoms with van der Waals surface area (Å²) < 4.78 is 14.2. The van der Waals surface area contributed by atoms with Gasteiger partial charge in [0.2, 0.25) is 0 Å². The Labute approximate surface area is 119 Å². The maximum Gasteiger partial charge on any atom is 0.128 e. The standard InChI is InChI=1S/C18H20FN/c19-17-12-5-4-11-16(17)18(20)13-7-6-10-15(18)14-8-2-1-3-9-14/h1-5,8-9,11-12,15H,6-7,10,13,20H2. The van der Waals surface area contributed by atoms with Crippen LogP contribution < -0.4 is 5.73 Å². The minimum atomic E-state index is -0.592. The summed E-state index contributed by atoms with van der Waals surface area (Å²) in [5.74, 6) is 0.00665. The average Bonchev–Trinajstić information content (AvgIpc) is 2.49. The Morgan fingerprint density at radius 2 is 1.65 bits per heavy atom. The summed E-state index contributed by atoms with van der Waals surface area (Å²) in [6.07, 6.45) is 4.09. The summed E-state index contributed by atoms with van der Waals surface area (Å²) in [6, 6.07) is 17.3. The molecule has 2 N–H and O–H groups in total. The maximum absolute atomic E-state index is 14.2. The van der Waals surface area contributed by atoms with Gasteiger partial charge >= 0.3 is 0 Å². The second-order valence-corrected chi connectivity index (χ2v) is 5.73. The van der Waals surface area contributed by atoms with Gasteiger partial charge < -0.3 is 5.73 Å². The van der Waals surface area contributed by atoms with Crippen molar-refractivity contribution in [2.24, 2.45) is 5.73 Å². The molecule has 1 aliphatic carbocycles. The molecule has 1 nitrogen and oxygen atoms in total. The average molecular weight is 269 g/mol. The third-order valence-electron chi connectivity index (χ3n) is 4.53. The Morgan fingerprint density at radius 1 is 0.950 bits per heavy atom. The molecule has 0 radical (unpaired) electrons. The molecule has 1 fully saturated rings. The summed E-state index contributed by atoms with van der Waals surface area (Å²) in [5, 5.41) is 0. The number of rotatable bonds is 2. The van der Waals surface area contributed by atoms with E-state index in [0.717, 1.165) is 25.7 Å². The fourth-order valence-corrected chi connectivity index (χ4v) is 3.51. The van der Waals surface area contributed by atoms with E-state index in [4.69, 9.17) is 5.73 Å². The highest BCUT2D eigenvalue weighted by molar-refractivity contribution is 5.34. The summed E-state index contributed by atoms with van der Waals surface area (Å²) in [5.41, 5.74) is 8.01. The predicted octanol–water partition coefficient (Wildman–Crippen LogP) is 4.34. The van der Waals surface area contributed by atoms with E-state index in [0.29, 0.717) is 5.56 Å². The molecule has 0 amide bonds. The van der Waals surface area contributed by atoms with Gasteiger partial charge in [0.05, 0.1) is 5.54 Å². The molecule has 2 atom stereocenters. The number of nitrogens with two attached hydrogens (primary N) is 1. The molecule has 0 saturated heterocycles. The van der Waals surface area contributed by atoms with Crippen LogP contribution in [0, 0.1) is 5.82 Å². The minimum Gasteiger partial charge on any atom is -0.321 e. The summed E-state index contributed by atoms with van der Waals surface area (Å²) >= 11 is 0. The molecule has 1 saturated carbocycles. The molecule has 20 heavy (non-hydrogen) atoms. The van der Waals surface area contributed by atoms with Crippen molar-refractivity contribution < 1.29 is 4.39 Å². The molecule has 2 aromatic carbocycles. The van der Waals surface area contributed by atoms with Crippen LogP contribution in [0.2, 0.25) is 0 Å². The van der Waals surface area contributed by atoms with Gasteiger partial charge in [-0.3, -0.25) is 0 Å². The van der Waals surface area contributed by atoms with Gasteiger partial charge in [-0.15, -0.1) is 0 Å². The zero-order valence-electron chi connectivity index (χ0n) is 11.6. The van der Waals surface area contributed by atoms with Crippen molar-refractivity contribution in [3.63, 3.8) is 0 Å². The Morgan fingerprint density at radius 3 is 2.40 bits per heavy atom. The fraction of sp³-hybridized carbons (Fsp3) is 0.333. The molecule has 2 unspecified atom stereocenters. The van der Waals surface area contributed by atoms with Crippen molar-refractivity contribution in [2.45, 2.75) is 37.1 Å². The highest BCUT2D eigenvalue weighted by atomic mass is 19.1. The third-order valence-corrected chi connectivity index (χ3v) is 4.53. The summed E-state index contributed by atoms with van der Waals surface area (Å²) in [4.78, 5) is 0. The first kappa shape index (κ1) is 13.3. The lowest BCUT2D eigenvalue weighted by atomic mass is 9.67. The van der Waals surface area contributed by atoms with Crippen LogP contribution in [-0.2, 0) is 5.54 Å². The van der Waals surface area contributed by atoms with Crippen molar-refractivity contribution >= 4 is 0 Å². The van der Waals surface area contributed by atoms with Crippen LogP contribution in [-0.4, -0.2) is 0 Å². The molecule has 104 valence electrons. The van der Waals surface area contributed by atoms with E-state index in [-0.39, 0.29) is 11.7 Å². The molecule has 1 aliphatic rings. The van der Waals surface area contributed by atoms with Gasteiger partial charge in [-0.2, -0.15) is 0 Å². The lowest BCUT2D eigenvalue weighted by Gasteiger charge is -2.42. The van der Waals surface area contributed by atoms with E-state index in [2.05, 4.69) is 12.1 Å². The second-order valence-electron chi connectivity index (χ2n) is 5.73. The first-order valence-corrected chi connectivity index (χ1v) is 7.30. The zero-order chi connectivity index (χ0) is 14.0. The molecule has 3 rings (SSSR count). The fourth-order valence-electron chi connectivity index (χ4n) is 3.51. The highest BCUT2D eigenvalue weighted by Crippen LogP contribution is 2.46. The first-order chi connectivity index (χ1) is 9.72. The van der Waals surface area contributed by atoms with Crippen LogP contribution in [0.4, 0.5) is 4.39 Å². The number of halogens is 1. The van der Waals surface area contributed by atoms with Crippen molar-refractivity contribution in [1.82, 2.24) is 0 Å². The van der Waals surface area contributed by atoms with Crippen molar-refractivity contribution in [2.75, 3.05) is 0 Å². The highest BCUT2D eigenvalue weighted by Gasteiger charge is 2.40. The van der Waals surface area contributed by atoms with Crippen LogP contribution in [0.3, 0.4) is 0 Å². The van der Waals surface area contributed by atoms with Crippen molar-refractivity contribution in [1.29, 1.82) is 0 Å². The number of hydrogen-bond donors (Lipinski definition) is 1. The van der Waals surface area contributed by atoms with Gasteiger partial charge in [0, 0.05) is 11.5 Å². The lowest BCUT2D eigenvalue weighted by Crippen LogP contribution is -2.45. The van der Waals surface area contributed by atoms with Gasteiger partial charge in [-0.1, -0.05) is 61.4 Å². The second kappa shape index (κ2) is 5.37. The van der Waals surface area contributed by atoms with Crippen molar-refractivity contribution in [3.05, 3.63) is 71.5 Å². The minimum absolute atomic E-state index is 0.183. The smallest absolute Gasteiger partial charge is 0.128 e. The molecule has 0 heterocycles. The normalized spacial score (nSPS) is 26.4. The molecule has 0 aliphatic heterocycles. The largest absolute Gasteiger partial charge is 0.321 e. The Bertz CT molecular complexity index is 581. The van der Waals surface area contributed by atoms with Crippen LogP contribution in [0.5, 0.6) is 0 Å². The van der Waals surface area contributed by atoms with E-state index < -0.39 is 5.54 Å². The van der Waals surface area contributed by atoms with Crippen LogP contribution in [0.25, 0.3) is 0 Å².